The highest BCUT2D eigenvalue weighted by Gasteiger charge is 2.34. The molecule has 1 aromatic rings. The molecular weight excluding hydrogens is 322 g/mol. The normalized spacial score (nSPS) is 25.8. The summed E-state index contributed by atoms with van der Waals surface area (Å²) in [6.07, 6.45) is 5.98. The number of carbonyl (C=O) groups is 1. The second kappa shape index (κ2) is 6.57. The number of amides is 1. The van der Waals surface area contributed by atoms with Crippen molar-refractivity contribution in [1.82, 2.24) is 10.6 Å². The highest BCUT2D eigenvalue weighted by Crippen LogP contribution is 2.45. The molecule has 1 saturated carbocycles. The maximum Gasteiger partial charge on any atom is 0.216 e. The van der Waals surface area contributed by atoms with Gasteiger partial charge in [-0.25, -0.2) is 0 Å². The Balaban J connectivity index is 1.57. The molecule has 1 amide bonds. The summed E-state index contributed by atoms with van der Waals surface area (Å²) in [7, 11) is 0. The summed E-state index contributed by atoms with van der Waals surface area (Å²) >= 11 is 6.67. The average molecular weight is 348 g/mol. The zero-order valence-corrected chi connectivity index (χ0v) is 15.0. The Morgan fingerprint density at radius 3 is 2.58 bits per heavy atom. The number of halogens is 1. The van der Waals surface area contributed by atoms with Crippen molar-refractivity contribution in [2.45, 2.75) is 57.0 Å². The van der Waals surface area contributed by atoms with Crippen molar-refractivity contribution in [1.29, 1.82) is 0 Å². The van der Waals surface area contributed by atoms with Gasteiger partial charge in [0.15, 0.2) is 0 Å². The van der Waals surface area contributed by atoms with Gasteiger partial charge in [-0.1, -0.05) is 11.6 Å². The number of fused-ring (bicyclic) bond motifs is 2. The molecule has 2 heterocycles. The van der Waals surface area contributed by atoms with Crippen LogP contribution in [-0.2, 0) is 11.2 Å². The summed E-state index contributed by atoms with van der Waals surface area (Å²) in [5, 5.41) is 7.44. The van der Waals surface area contributed by atoms with E-state index < -0.39 is 0 Å². The number of rotatable bonds is 5. The molecule has 2 bridgehead atoms. The van der Waals surface area contributed by atoms with Crippen molar-refractivity contribution in [3.63, 3.8) is 0 Å². The van der Waals surface area contributed by atoms with Gasteiger partial charge in [0.1, 0.15) is 0 Å². The predicted molar refractivity (Wildman–Crippen MR) is 98.0 cm³/mol. The topological polar surface area (TPSA) is 44.4 Å². The number of nitrogens with zero attached hydrogens (tertiary/aromatic N) is 1. The Kier molecular flexibility index (Phi) is 4.44. The lowest BCUT2D eigenvalue weighted by molar-refractivity contribution is -0.118. The molecule has 3 fully saturated rings. The summed E-state index contributed by atoms with van der Waals surface area (Å²) in [6.45, 7) is 4.37. The molecule has 2 unspecified atom stereocenters. The quantitative estimate of drug-likeness (QED) is 0.860. The molecule has 1 aromatic carbocycles. The summed E-state index contributed by atoms with van der Waals surface area (Å²) in [5.74, 6) is 0.718. The van der Waals surface area contributed by atoms with E-state index >= 15 is 0 Å². The maximum absolute atomic E-state index is 11.1. The van der Waals surface area contributed by atoms with E-state index in [1.54, 1.807) is 6.92 Å². The molecular formula is C19H26ClN3O. The van der Waals surface area contributed by atoms with Gasteiger partial charge in [0.2, 0.25) is 5.91 Å². The van der Waals surface area contributed by atoms with Crippen LogP contribution in [0.3, 0.4) is 0 Å². The smallest absolute Gasteiger partial charge is 0.216 e. The lowest BCUT2D eigenvalue weighted by Crippen LogP contribution is -2.51. The van der Waals surface area contributed by atoms with Gasteiger partial charge in [-0.15, -0.1) is 0 Å². The first-order valence-electron chi connectivity index (χ1n) is 9.18. The van der Waals surface area contributed by atoms with Crippen molar-refractivity contribution in [3.8, 4) is 0 Å². The van der Waals surface area contributed by atoms with Crippen molar-refractivity contribution < 1.29 is 4.79 Å². The first kappa shape index (κ1) is 16.2. The first-order valence-corrected chi connectivity index (χ1v) is 9.55. The van der Waals surface area contributed by atoms with Crippen LogP contribution >= 0.6 is 11.6 Å². The second-order valence-electron chi connectivity index (χ2n) is 7.55. The van der Waals surface area contributed by atoms with Gasteiger partial charge >= 0.3 is 0 Å². The van der Waals surface area contributed by atoms with Gasteiger partial charge in [-0.05, 0) is 61.3 Å². The third-order valence-electron chi connectivity index (χ3n) is 5.55. The van der Waals surface area contributed by atoms with E-state index in [0.29, 0.717) is 24.5 Å². The number of nitrogens with one attached hydrogen (secondary N) is 2. The Bertz CT molecular complexity index is 632. The zero-order chi connectivity index (χ0) is 16.7. The van der Waals surface area contributed by atoms with Crippen molar-refractivity contribution in [2.24, 2.45) is 0 Å². The van der Waals surface area contributed by atoms with Gasteiger partial charge in [-0.2, -0.15) is 0 Å². The Morgan fingerprint density at radius 1 is 1.25 bits per heavy atom. The molecule has 2 atom stereocenters. The summed E-state index contributed by atoms with van der Waals surface area (Å²) in [6, 6.07) is 5.72. The summed E-state index contributed by atoms with van der Waals surface area (Å²) < 4.78 is 0. The SMILES string of the molecule is CC(=O)NCCc1cc(Cl)c(N2CC3CCC(C2)N3)cc1C1CC1. The fourth-order valence-corrected chi connectivity index (χ4v) is 4.53. The fourth-order valence-electron chi connectivity index (χ4n) is 4.22. The van der Waals surface area contributed by atoms with E-state index in [1.165, 1.54) is 42.5 Å². The van der Waals surface area contributed by atoms with Crippen LogP contribution in [0, 0.1) is 0 Å². The van der Waals surface area contributed by atoms with E-state index in [4.69, 9.17) is 11.6 Å². The molecule has 3 aliphatic rings. The molecule has 24 heavy (non-hydrogen) atoms. The minimum absolute atomic E-state index is 0.0296. The largest absolute Gasteiger partial charge is 0.367 e. The van der Waals surface area contributed by atoms with E-state index in [9.17, 15) is 4.79 Å². The van der Waals surface area contributed by atoms with Gasteiger partial charge in [0, 0.05) is 38.6 Å². The van der Waals surface area contributed by atoms with Crippen LogP contribution in [0.15, 0.2) is 12.1 Å². The molecule has 2 aliphatic heterocycles. The van der Waals surface area contributed by atoms with Crippen molar-refractivity contribution in [3.05, 3.63) is 28.3 Å². The molecule has 2 saturated heterocycles. The van der Waals surface area contributed by atoms with Crippen LogP contribution < -0.4 is 15.5 Å². The lowest BCUT2D eigenvalue weighted by Gasteiger charge is -2.35. The lowest BCUT2D eigenvalue weighted by atomic mass is 9.98. The molecule has 1 aliphatic carbocycles. The highest BCUT2D eigenvalue weighted by molar-refractivity contribution is 6.33. The molecule has 4 nitrogen and oxygen atoms in total. The molecule has 0 aromatic heterocycles. The van der Waals surface area contributed by atoms with Crippen LogP contribution in [-0.4, -0.2) is 37.6 Å². The molecule has 4 rings (SSSR count). The monoisotopic (exact) mass is 347 g/mol. The maximum atomic E-state index is 11.1. The second-order valence-corrected chi connectivity index (χ2v) is 7.96. The standard InChI is InChI=1S/C19H26ClN3O/c1-12(24)21-7-6-14-8-18(20)19(9-17(14)13-2-3-13)23-10-15-4-5-16(11-23)22-15/h8-9,13,15-16,22H,2-7,10-11H2,1H3,(H,21,24). The number of piperazine rings is 1. The third kappa shape index (κ3) is 3.40. The van der Waals surface area contributed by atoms with Crippen LogP contribution in [0.25, 0.3) is 0 Å². The number of hydrogen-bond acceptors (Lipinski definition) is 3. The Labute approximate surface area is 148 Å². The fraction of sp³-hybridized carbons (Fsp3) is 0.632. The number of hydrogen-bond donors (Lipinski definition) is 2. The Hall–Kier alpha value is -1.26. The zero-order valence-electron chi connectivity index (χ0n) is 14.3. The third-order valence-corrected chi connectivity index (χ3v) is 5.85. The number of carbonyl (C=O) groups excluding carboxylic acids is 1. The molecule has 2 N–H and O–H groups in total. The van der Waals surface area contributed by atoms with Crippen LogP contribution in [0.1, 0.15) is 49.7 Å². The van der Waals surface area contributed by atoms with E-state index in [2.05, 4.69) is 27.7 Å². The van der Waals surface area contributed by atoms with Crippen LogP contribution in [0.2, 0.25) is 5.02 Å². The van der Waals surface area contributed by atoms with Gasteiger partial charge in [0.25, 0.3) is 0 Å². The van der Waals surface area contributed by atoms with Crippen molar-refractivity contribution in [2.75, 3.05) is 24.5 Å². The Morgan fingerprint density at radius 2 is 1.96 bits per heavy atom. The molecule has 5 heteroatoms. The molecule has 130 valence electrons. The summed E-state index contributed by atoms with van der Waals surface area (Å²) in [5.41, 5.74) is 3.96. The van der Waals surface area contributed by atoms with Crippen molar-refractivity contribution >= 4 is 23.2 Å². The minimum Gasteiger partial charge on any atom is -0.367 e. The number of benzene rings is 1. The predicted octanol–water partition coefficient (Wildman–Crippen LogP) is 2.84. The van der Waals surface area contributed by atoms with Gasteiger partial charge in [0.05, 0.1) is 10.7 Å². The number of anilines is 1. The van der Waals surface area contributed by atoms with Crippen LogP contribution in [0.4, 0.5) is 5.69 Å². The first-order chi connectivity index (χ1) is 11.6. The minimum atomic E-state index is 0.0296. The summed E-state index contributed by atoms with van der Waals surface area (Å²) in [4.78, 5) is 13.6. The highest BCUT2D eigenvalue weighted by atomic mass is 35.5. The molecule has 0 spiro atoms. The average Bonchev–Trinajstić information content (AvgIpc) is 3.32. The van der Waals surface area contributed by atoms with E-state index in [0.717, 1.165) is 24.5 Å². The van der Waals surface area contributed by atoms with Gasteiger partial charge in [-0.3, -0.25) is 4.79 Å². The van der Waals surface area contributed by atoms with E-state index in [1.807, 2.05) is 0 Å². The van der Waals surface area contributed by atoms with E-state index in [-0.39, 0.29) is 5.91 Å². The van der Waals surface area contributed by atoms with Gasteiger partial charge < -0.3 is 15.5 Å². The molecule has 0 radical (unpaired) electrons. The van der Waals surface area contributed by atoms with Crippen LogP contribution in [0.5, 0.6) is 0 Å².